The van der Waals surface area contributed by atoms with Crippen LogP contribution in [0.25, 0.3) is 0 Å². The molecule has 1 aliphatic rings. The van der Waals surface area contributed by atoms with Crippen molar-refractivity contribution in [2.75, 3.05) is 11.9 Å². The molecule has 3 N–H and O–H groups in total. The van der Waals surface area contributed by atoms with Gasteiger partial charge in [-0.15, -0.1) is 0 Å². The third-order valence-corrected chi connectivity index (χ3v) is 5.13. The van der Waals surface area contributed by atoms with Gasteiger partial charge in [0, 0.05) is 24.6 Å². The minimum Gasteiger partial charge on any atom is -0.455 e. The number of primary amides is 1. The van der Waals surface area contributed by atoms with Gasteiger partial charge in [0.05, 0.1) is 16.4 Å². The Kier molecular flexibility index (Phi) is 5.21. The van der Waals surface area contributed by atoms with Gasteiger partial charge in [-0.2, -0.15) is 5.10 Å². The third-order valence-electron chi connectivity index (χ3n) is 4.81. The molecule has 0 fully saturated rings. The molecule has 1 aromatic carbocycles. The zero-order valence-corrected chi connectivity index (χ0v) is 17.1. The number of hydrazone groups is 1. The van der Waals surface area contributed by atoms with Gasteiger partial charge in [-0.3, -0.25) is 4.79 Å². The zero-order chi connectivity index (χ0) is 20.6. The first-order chi connectivity index (χ1) is 13.1. The number of rotatable bonds is 3. The Balaban J connectivity index is 2.04. The molecule has 1 aromatic heterocycles. The van der Waals surface area contributed by atoms with Crippen LogP contribution in [0.15, 0.2) is 33.8 Å². The van der Waals surface area contributed by atoms with Crippen molar-refractivity contribution in [2.24, 2.45) is 16.3 Å². The molecule has 0 unspecified atom stereocenters. The number of furan rings is 1. The van der Waals surface area contributed by atoms with Crippen LogP contribution in [0.1, 0.15) is 47.7 Å². The number of hydrogen-bond donors (Lipinski definition) is 2. The highest BCUT2D eigenvalue weighted by atomic mass is 35.5. The summed E-state index contributed by atoms with van der Waals surface area (Å²) in [7, 11) is 1.65. The Bertz CT molecular complexity index is 978. The Morgan fingerprint density at radius 3 is 2.61 bits per heavy atom. The fourth-order valence-electron chi connectivity index (χ4n) is 3.52. The van der Waals surface area contributed by atoms with E-state index in [2.05, 4.69) is 24.4 Å². The van der Waals surface area contributed by atoms with Gasteiger partial charge in [-0.05, 0) is 30.9 Å². The predicted molar refractivity (Wildman–Crippen MR) is 109 cm³/mol. The minimum absolute atomic E-state index is 0.135. The normalized spacial score (nSPS) is 16.5. The van der Waals surface area contributed by atoms with Crippen LogP contribution in [0.4, 0.5) is 10.5 Å². The molecule has 148 valence electrons. The average molecular weight is 403 g/mol. The molecule has 7 nitrogen and oxygen atoms in total. The number of halogens is 1. The average Bonchev–Trinajstić information content (AvgIpc) is 2.94. The first kappa shape index (κ1) is 19.9. The van der Waals surface area contributed by atoms with Gasteiger partial charge in [-0.25, -0.2) is 10.2 Å². The van der Waals surface area contributed by atoms with E-state index in [-0.39, 0.29) is 17.1 Å². The van der Waals surface area contributed by atoms with Gasteiger partial charge < -0.3 is 15.1 Å². The Hall–Kier alpha value is -2.80. The maximum absolute atomic E-state index is 13.1. The third kappa shape index (κ3) is 3.75. The fourth-order valence-corrected chi connectivity index (χ4v) is 3.78. The van der Waals surface area contributed by atoms with Crippen molar-refractivity contribution in [1.82, 2.24) is 5.43 Å². The van der Waals surface area contributed by atoms with Crippen LogP contribution in [-0.2, 0) is 6.42 Å². The summed E-state index contributed by atoms with van der Waals surface area (Å²) in [5.74, 6) is 0.603. The molecule has 2 aromatic rings. The number of amides is 3. The van der Waals surface area contributed by atoms with Crippen molar-refractivity contribution in [3.05, 3.63) is 51.9 Å². The molecule has 0 saturated carbocycles. The highest BCUT2D eigenvalue weighted by Crippen LogP contribution is 2.39. The summed E-state index contributed by atoms with van der Waals surface area (Å²) < 4.78 is 5.99. The summed E-state index contributed by atoms with van der Waals surface area (Å²) in [5, 5.41) is 4.63. The Morgan fingerprint density at radius 1 is 1.29 bits per heavy atom. The van der Waals surface area contributed by atoms with Crippen LogP contribution in [0.3, 0.4) is 0 Å². The number of nitrogens with two attached hydrogens (primary N) is 1. The van der Waals surface area contributed by atoms with E-state index < -0.39 is 6.03 Å². The van der Waals surface area contributed by atoms with Crippen LogP contribution in [0.5, 0.6) is 0 Å². The molecular formula is C20H23ClN4O3. The lowest BCUT2D eigenvalue weighted by Crippen LogP contribution is -2.31. The fraction of sp³-hybridized carbons (Fsp3) is 0.350. The highest BCUT2D eigenvalue weighted by Gasteiger charge is 2.37. The number of carbonyl (C=O) groups is 2. The van der Waals surface area contributed by atoms with Crippen LogP contribution in [0.2, 0.25) is 5.02 Å². The first-order valence-electron chi connectivity index (χ1n) is 8.88. The lowest BCUT2D eigenvalue weighted by atomic mass is 9.75. The van der Waals surface area contributed by atoms with Crippen molar-refractivity contribution in [3.63, 3.8) is 0 Å². The Morgan fingerprint density at radius 2 is 1.96 bits per heavy atom. The molecule has 0 saturated heterocycles. The largest absolute Gasteiger partial charge is 0.455 e. The van der Waals surface area contributed by atoms with E-state index in [9.17, 15) is 9.59 Å². The molecular weight excluding hydrogens is 380 g/mol. The standard InChI is InChI=1S/C20H23ClN4O3/c1-11-16-13(23-24-19(22)27)9-20(2,3)10-15(16)28-17(11)18(26)25(4)14-8-6-5-7-12(14)21/h5-8H,9-10H2,1-4H3,(H3,22,24,27)/b23-13-. The van der Waals surface area contributed by atoms with Crippen LogP contribution in [-0.4, -0.2) is 24.7 Å². The number of anilines is 1. The topological polar surface area (TPSA) is 101 Å². The van der Waals surface area contributed by atoms with Crippen molar-refractivity contribution in [3.8, 4) is 0 Å². The molecule has 8 heteroatoms. The van der Waals surface area contributed by atoms with E-state index in [0.717, 1.165) is 5.56 Å². The lowest BCUT2D eigenvalue weighted by molar-refractivity contribution is 0.0962. The van der Waals surface area contributed by atoms with Crippen LogP contribution < -0.4 is 16.1 Å². The summed E-state index contributed by atoms with van der Waals surface area (Å²) in [5.41, 5.74) is 9.97. The van der Waals surface area contributed by atoms with Crippen molar-refractivity contribution < 1.29 is 14.0 Å². The quantitative estimate of drug-likeness (QED) is 0.762. The van der Waals surface area contributed by atoms with E-state index in [1.807, 2.05) is 13.0 Å². The second-order valence-electron chi connectivity index (χ2n) is 7.72. The second-order valence-corrected chi connectivity index (χ2v) is 8.13. The number of para-hydroxylation sites is 1. The molecule has 1 aliphatic carbocycles. The number of hydrogen-bond acceptors (Lipinski definition) is 4. The molecule has 0 aliphatic heterocycles. The summed E-state index contributed by atoms with van der Waals surface area (Å²) in [4.78, 5) is 25.7. The van der Waals surface area contributed by atoms with Crippen LogP contribution >= 0.6 is 11.6 Å². The van der Waals surface area contributed by atoms with Gasteiger partial charge in [0.1, 0.15) is 5.76 Å². The predicted octanol–water partition coefficient (Wildman–Crippen LogP) is 3.86. The van der Waals surface area contributed by atoms with Crippen LogP contribution in [0, 0.1) is 12.3 Å². The highest BCUT2D eigenvalue weighted by molar-refractivity contribution is 6.34. The maximum atomic E-state index is 13.1. The van der Waals surface area contributed by atoms with Gasteiger partial charge in [-0.1, -0.05) is 37.6 Å². The molecule has 3 rings (SSSR count). The number of benzene rings is 1. The molecule has 3 amide bonds. The summed E-state index contributed by atoms with van der Waals surface area (Å²) in [6.45, 7) is 5.96. The van der Waals surface area contributed by atoms with E-state index in [1.165, 1.54) is 4.90 Å². The smallest absolute Gasteiger partial charge is 0.332 e. The molecule has 1 heterocycles. The SMILES string of the molecule is Cc1c(C(=O)N(C)c2ccccc2Cl)oc2c1/C(=N\NC(N)=O)CC(C)(C)C2. The van der Waals surface area contributed by atoms with Gasteiger partial charge in [0.25, 0.3) is 5.91 Å². The van der Waals surface area contributed by atoms with E-state index in [1.54, 1.807) is 25.2 Å². The molecule has 0 bridgehead atoms. The van der Waals surface area contributed by atoms with E-state index in [4.69, 9.17) is 21.8 Å². The van der Waals surface area contributed by atoms with Gasteiger partial charge >= 0.3 is 6.03 Å². The summed E-state index contributed by atoms with van der Waals surface area (Å²) >= 11 is 6.23. The number of fused-ring (bicyclic) bond motifs is 1. The minimum atomic E-state index is -0.742. The lowest BCUT2D eigenvalue weighted by Gasteiger charge is -2.29. The van der Waals surface area contributed by atoms with Crippen molar-refractivity contribution >= 4 is 34.9 Å². The van der Waals surface area contributed by atoms with E-state index in [0.29, 0.717) is 40.6 Å². The number of urea groups is 1. The molecule has 0 spiro atoms. The summed E-state index contributed by atoms with van der Waals surface area (Å²) in [6.07, 6.45) is 1.27. The zero-order valence-electron chi connectivity index (χ0n) is 16.3. The van der Waals surface area contributed by atoms with E-state index >= 15 is 0 Å². The number of nitrogens with zero attached hydrogens (tertiary/aromatic N) is 2. The summed E-state index contributed by atoms with van der Waals surface area (Å²) in [6, 6.07) is 6.37. The number of carbonyl (C=O) groups excluding carboxylic acids is 2. The van der Waals surface area contributed by atoms with Crippen molar-refractivity contribution in [2.45, 2.75) is 33.6 Å². The van der Waals surface area contributed by atoms with Gasteiger partial charge in [0.2, 0.25) is 0 Å². The molecule has 0 radical (unpaired) electrons. The van der Waals surface area contributed by atoms with Crippen molar-refractivity contribution in [1.29, 1.82) is 0 Å². The first-order valence-corrected chi connectivity index (χ1v) is 9.26. The monoisotopic (exact) mass is 402 g/mol. The number of nitrogens with one attached hydrogen (secondary N) is 1. The molecule has 0 atom stereocenters. The Labute approximate surface area is 168 Å². The maximum Gasteiger partial charge on any atom is 0.332 e. The second kappa shape index (κ2) is 7.31. The molecule has 28 heavy (non-hydrogen) atoms. The van der Waals surface area contributed by atoms with Gasteiger partial charge in [0.15, 0.2) is 5.76 Å².